The quantitative estimate of drug-likeness (QED) is 0.707. The number of urea groups is 1. The van der Waals surface area contributed by atoms with Gasteiger partial charge in [0.1, 0.15) is 5.54 Å². The highest BCUT2D eigenvalue weighted by atomic mass is 19.4. The Morgan fingerprint density at radius 2 is 1.83 bits per heavy atom. The van der Waals surface area contributed by atoms with Crippen LogP contribution in [0.2, 0.25) is 0 Å². The summed E-state index contributed by atoms with van der Waals surface area (Å²) < 4.78 is 39.0. The van der Waals surface area contributed by atoms with Crippen molar-refractivity contribution in [1.82, 2.24) is 15.5 Å². The van der Waals surface area contributed by atoms with Crippen molar-refractivity contribution in [3.05, 3.63) is 35.4 Å². The molecule has 0 aromatic heterocycles. The molecule has 0 atom stereocenters. The second-order valence-corrected chi connectivity index (χ2v) is 7.53. The first kappa shape index (κ1) is 21.1. The van der Waals surface area contributed by atoms with Crippen molar-refractivity contribution in [2.75, 3.05) is 13.1 Å². The molecule has 1 saturated heterocycles. The lowest BCUT2D eigenvalue weighted by Gasteiger charge is -2.30. The maximum Gasteiger partial charge on any atom is 0.416 e. The van der Waals surface area contributed by atoms with Gasteiger partial charge in [0.15, 0.2) is 0 Å². The number of rotatable bonds is 6. The average molecular weight is 411 g/mol. The summed E-state index contributed by atoms with van der Waals surface area (Å²) in [4.78, 5) is 37.9. The Kier molecular flexibility index (Phi) is 6.14. The van der Waals surface area contributed by atoms with Crippen LogP contribution in [0.25, 0.3) is 0 Å². The minimum absolute atomic E-state index is 0.0354. The maximum atomic E-state index is 13.0. The molecule has 6 nitrogen and oxygen atoms in total. The number of hydrogen-bond donors (Lipinski definition) is 2. The van der Waals surface area contributed by atoms with Gasteiger partial charge in [0, 0.05) is 19.5 Å². The van der Waals surface area contributed by atoms with Gasteiger partial charge in [-0.1, -0.05) is 37.5 Å². The highest BCUT2D eigenvalue weighted by Crippen LogP contribution is 2.34. The maximum absolute atomic E-state index is 13.0. The molecular weight excluding hydrogens is 387 g/mol. The van der Waals surface area contributed by atoms with E-state index in [1.54, 1.807) is 0 Å². The third-order valence-corrected chi connectivity index (χ3v) is 5.55. The first-order chi connectivity index (χ1) is 13.7. The van der Waals surface area contributed by atoms with Crippen molar-refractivity contribution < 1.29 is 27.6 Å². The smallest absolute Gasteiger partial charge is 0.356 e. The van der Waals surface area contributed by atoms with E-state index >= 15 is 0 Å². The predicted octanol–water partition coefficient (Wildman–Crippen LogP) is 3.01. The molecule has 1 aromatic carbocycles. The van der Waals surface area contributed by atoms with Crippen molar-refractivity contribution >= 4 is 17.8 Å². The molecule has 0 bridgehead atoms. The molecule has 1 spiro atoms. The van der Waals surface area contributed by atoms with Gasteiger partial charge in [-0.25, -0.2) is 4.79 Å². The molecule has 2 aliphatic rings. The largest absolute Gasteiger partial charge is 0.416 e. The molecule has 1 aromatic rings. The summed E-state index contributed by atoms with van der Waals surface area (Å²) in [6.07, 6.45) is -0.495. The minimum Gasteiger partial charge on any atom is -0.356 e. The topological polar surface area (TPSA) is 78.5 Å². The van der Waals surface area contributed by atoms with Gasteiger partial charge in [-0.05, 0) is 30.9 Å². The molecule has 158 valence electrons. The van der Waals surface area contributed by atoms with Crippen LogP contribution in [0.1, 0.15) is 49.7 Å². The lowest BCUT2D eigenvalue weighted by Crippen LogP contribution is -2.48. The number of nitrogens with one attached hydrogen (secondary N) is 2. The normalized spacial score (nSPS) is 18.8. The zero-order chi connectivity index (χ0) is 21.1. The fourth-order valence-corrected chi connectivity index (χ4v) is 4.03. The van der Waals surface area contributed by atoms with Gasteiger partial charge in [-0.15, -0.1) is 0 Å². The summed E-state index contributed by atoms with van der Waals surface area (Å²) in [6.45, 7) is -0.00655. The summed E-state index contributed by atoms with van der Waals surface area (Å²) in [6, 6.07) is 4.75. The molecule has 1 aliphatic carbocycles. The first-order valence-corrected chi connectivity index (χ1v) is 9.79. The van der Waals surface area contributed by atoms with E-state index in [9.17, 15) is 27.6 Å². The standard InChI is InChI=1S/C20H24F3N3O3/c21-20(22,23)15-7-3-2-6-14(15)8-12-24-16(27)9-13-26-17(28)19(25-18(26)29)10-4-1-5-11-19/h2-3,6-7H,1,4-5,8-13H2,(H,24,27)(H,25,29). The lowest BCUT2D eigenvalue weighted by atomic mass is 9.82. The molecule has 29 heavy (non-hydrogen) atoms. The van der Waals surface area contributed by atoms with E-state index < -0.39 is 29.2 Å². The fourth-order valence-electron chi connectivity index (χ4n) is 4.03. The molecular formula is C20H24F3N3O3. The summed E-state index contributed by atoms with van der Waals surface area (Å²) in [5, 5.41) is 5.34. The number of imide groups is 1. The minimum atomic E-state index is -4.45. The van der Waals surface area contributed by atoms with E-state index in [0.29, 0.717) is 12.8 Å². The van der Waals surface area contributed by atoms with Crippen LogP contribution in [0.15, 0.2) is 24.3 Å². The average Bonchev–Trinajstić information content (AvgIpc) is 2.89. The number of benzene rings is 1. The van der Waals surface area contributed by atoms with Gasteiger partial charge in [-0.3, -0.25) is 14.5 Å². The second-order valence-electron chi connectivity index (χ2n) is 7.53. The molecule has 0 unspecified atom stereocenters. The van der Waals surface area contributed by atoms with Crippen molar-refractivity contribution in [2.45, 2.75) is 56.7 Å². The van der Waals surface area contributed by atoms with Crippen molar-refractivity contribution in [3.63, 3.8) is 0 Å². The van der Waals surface area contributed by atoms with Crippen molar-refractivity contribution in [2.24, 2.45) is 0 Å². The van der Waals surface area contributed by atoms with Crippen LogP contribution >= 0.6 is 0 Å². The summed E-state index contributed by atoms with van der Waals surface area (Å²) in [7, 11) is 0. The Labute approximate surface area is 166 Å². The molecule has 1 heterocycles. The van der Waals surface area contributed by atoms with Crippen LogP contribution in [-0.2, 0) is 22.2 Å². The number of alkyl halides is 3. The van der Waals surface area contributed by atoms with E-state index in [1.165, 1.54) is 18.2 Å². The monoisotopic (exact) mass is 411 g/mol. The summed E-state index contributed by atoms with van der Waals surface area (Å²) in [5.41, 5.74) is -1.44. The van der Waals surface area contributed by atoms with Gasteiger partial charge in [0.05, 0.1) is 5.56 Å². The van der Waals surface area contributed by atoms with E-state index in [1.807, 2.05) is 0 Å². The van der Waals surface area contributed by atoms with Gasteiger partial charge in [0.25, 0.3) is 5.91 Å². The van der Waals surface area contributed by atoms with E-state index in [2.05, 4.69) is 10.6 Å². The van der Waals surface area contributed by atoms with Crippen LogP contribution in [0.4, 0.5) is 18.0 Å². The van der Waals surface area contributed by atoms with Gasteiger partial charge < -0.3 is 10.6 Å². The Morgan fingerprint density at radius 3 is 2.52 bits per heavy atom. The van der Waals surface area contributed by atoms with Gasteiger partial charge in [0.2, 0.25) is 5.91 Å². The molecule has 4 amide bonds. The van der Waals surface area contributed by atoms with Crippen LogP contribution in [0.5, 0.6) is 0 Å². The van der Waals surface area contributed by atoms with Crippen LogP contribution in [-0.4, -0.2) is 41.4 Å². The Morgan fingerprint density at radius 1 is 1.14 bits per heavy atom. The lowest BCUT2D eigenvalue weighted by molar-refractivity contribution is -0.138. The first-order valence-electron chi connectivity index (χ1n) is 9.79. The Hall–Kier alpha value is -2.58. The highest BCUT2D eigenvalue weighted by molar-refractivity contribution is 6.07. The fraction of sp³-hybridized carbons (Fsp3) is 0.550. The second kappa shape index (κ2) is 8.42. The number of nitrogens with zero attached hydrogens (tertiary/aromatic N) is 1. The van der Waals surface area contributed by atoms with Gasteiger partial charge >= 0.3 is 12.2 Å². The third kappa shape index (κ3) is 4.71. The van der Waals surface area contributed by atoms with Crippen molar-refractivity contribution in [3.8, 4) is 0 Å². The molecule has 0 radical (unpaired) electrons. The number of halogens is 3. The summed E-state index contributed by atoms with van der Waals surface area (Å²) in [5.74, 6) is -0.700. The van der Waals surface area contributed by atoms with E-state index in [0.717, 1.165) is 30.2 Å². The zero-order valence-electron chi connectivity index (χ0n) is 16.0. The Bertz CT molecular complexity index is 789. The number of hydrogen-bond acceptors (Lipinski definition) is 3. The summed E-state index contributed by atoms with van der Waals surface area (Å²) >= 11 is 0. The number of carbonyl (C=O) groups is 3. The number of amides is 4. The Balaban J connectivity index is 1.48. The number of carbonyl (C=O) groups excluding carboxylic acids is 3. The predicted molar refractivity (Wildman–Crippen MR) is 98.8 cm³/mol. The van der Waals surface area contributed by atoms with Crippen LogP contribution < -0.4 is 10.6 Å². The van der Waals surface area contributed by atoms with Crippen LogP contribution in [0.3, 0.4) is 0 Å². The molecule has 3 rings (SSSR count). The van der Waals surface area contributed by atoms with Crippen molar-refractivity contribution in [1.29, 1.82) is 0 Å². The molecule has 1 saturated carbocycles. The third-order valence-electron chi connectivity index (χ3n) is 5.55. The van der Waals surface area contributed by atoms with E-state index in [-0.39, 0.29) is 37.4 Å². The molecule has 2 N–H and O–H groups in total. The van der Waals surface area contributed by atoms with Gasteiger partial charge in [-0.2, -0.15) is 13.2 Å². The van der Waals surface area contributed by atoms with E-state index in [4.69, 9.17) is 0 Å². The highest BCUT2D eigenvalue weighted by Gasteiger charge is 2.51. The SMILES string of the molecule is O=C(CCN1C(=O)NC2(CCCCC2)C1=O)NCCc1ccccc1C(F)(F)F. The zero-order valence-corrected chi connectivity index (χ0v) is 16.0. The molecule has 1 aliphatic heterocycles. The molecule has 9 heteroatoms. The molecule has 2 fully saturated rings. The van der Waals surface area contributed by atoms with Crippen LogP contribution in [0, 0.1) is 0 Å².